The molecule has 122 valence electrons. The van der Waals surface area contributed by atoms with Gasteiger partial charge in [0, 0.05) is 25.3 Å². The first-order valence-corrected chi connectivity index (χ1v) is 8.02. The van der Waals surface area contributed by atoms with Gasteiger partial charge in [-0.1, -0.05) is 48.5 Å². The molecule has 1 amide bonds. The maximum Gasteiger partial charge on any atom is 0.241 e. The van der Waals surface area contributed by atoms with Gasteiger partial charge in [0.2, 0.25) is 5.91 Å². The lowest BCUT2D eigenvalue weighted by Crippen LogP contribution is -2.39. The standard InChI is InChI=1S/C19H25N3O/c1-3-22(17-12-8-7-9-15(17)2)14-13-21-19(23)18(20)16-10-5-4-6-11-16/h4-12,18H,3,13-14,20H2,1-2H3,(H,21,23). The average molecular weight is 311 g/mol. The molecule has 0 saturated carbocycles. The SMILES string of the molecule is CCN(CCNC(=O)C(N)c1ccccc1)c1ccccc1C. The highest BCUT2D eigenvalue weighted by molar-refractivity contribution is 5.82. The second kappa shape index (κ2) is 8.34. The molecule has 4 nitrogen and oxygen atoms in total. The predicted molar refractivity (Wildman–Crippen MR) is 95.4 cm³/mol. The van der Waals surface area contributed by atoms with Gasteiger partial charge >= 0.3 is 0 Å². The van der Waals surface area contributed by atoms with Crippen molar-refractivity contribution in [3.8, 4) is 0 Å². The third-order valence-corrected chi connectivity index (χ3v) is 3.96. The Bertz CT molecular complexity index is 628. The lowest BCUT2D eigenvalue weighted by molar-refractivity contribution is -0.122. The summed E-state index contributed by atoms with van der Waals surface area (Å²) >= 11 is 0. The highest BCUT2D eigenvalue weighted by atomic mass is 16.2. The minimum Gasteiger partial charge on any atom is -0.370 e. The summed E-state index contributed by atoms with van der Waals surface area (Å²) in [4.78, 5) is 14.4. The smallest absolute Gasteiger partial charge is 0.241 e. The summed E-state index contributed by atoms with van der Waals surface area (Å²) in [7, 11) is 0. The first-order valence-electron chi connectivity index (χ1n) is 8.02. The van der Waals surface area contributed by atoms with Crippen molar-refractivity contribution >= 4 is 11.6 Å². The monoisotopic (exact) mass is 311 g/mol. The van der Waals surface area contributed by atoms with E-state index in [-0.39, 0.29) is 5.91 Å². The van der Waals surface area contributed by atoms with Crippen LogP contribution in [0.4, 0.5) is 5.69 Å². The number of likely N-dealkylation sites (N-methyl/N-ethyl adjacent to an activating group) is 1. The maximum atomic E-state index is 12.2. The zero-order valence-electron chi connectivity index (χ0n) is 13.8. The van der Waals surface area contributed by atoms with Gasteiger partial charge in [0.25, 0.3) is 0 Å². The van der Waals surface area contributed by atoms with Crippen LogP contribution < -0.4 is 16.0 Å². The molecule has 0 aromatic heterocycles. The van der Waals surface area contributed by atoms with E-state index in [1.54, 1.807) is 0 Å². The van der Waals surface area contributed by atoms with E-state index in [0.717, 1.165) is 18.7 Å². The molecule has 0 bridgehead atoms. The number of anilines is 1. The number of amides is 1. The number of nitrogens with zero attached hydrogens (tertiary/aromatic N) is 1. The molecule has 0 saturated heterocycles. The van der Waals surface area contributed by atoms with Crippen molar-refractivity contribution < 1.29 is 4.79 Å². The Morgan fingerprint density at radius 1 is 1.13 bits per heavy atom. The number of hydrogen-bond acceptors (Lipinski definition) is 3. The first-order chi connectivity index (χ1) is 11.1. The summed E-state index contributed by atoms with van der Waals surface area (Å²) in [5.41, 5.74) is 9.27. The van der Waals surface area contributed by atoms with Crippen LogP contribution in [-0.4, -0.2) is 25.5 Å². The lowest BCUT2D eigenvalue weighted by Gasteiger charge is -2.25. The molecule has 1 unspecified atom stereocenters. The third-order valence-electron chi connectivity index (χ3n) is 3.96. The van der Waals surface area contributed by atoms with Crippen LogP contribution >= 0.6 is 0 Å². The van der Waals surface area contributed by atoms with E-state index < -0.39 is 6.04 Å². The molecule has 0 radical (unpaired) electrons. The Hall–Kier alpha value is -2.33. The van der Waals surface area contributed by atoms with Gasteiger partial charge in [-0.15, -0.1) is 0 Å². The van der Waals surface area contributed by atoms with Crippen molar-refractivity contribution in [3.63, 3.8) is 0 Å². The number of para-hydroxylation sites is 1. The summed E-state index contributed by atoms with van der Waals surface area (Å²) in [6.45, 7) is 6.44. The minimum absolute atomic E-state index is 0.142. The second-order valence-corrected chi connectivity index (χ2v) is 5.55. The van der Waals surface area contributed by atoms with Gasteiger partial charge in [-0.25, -0.2) is 0 Å². The third kappa shape index (κ3) is 4.57. The summed E-state index contributed by atoms with van der Waals surface area (Å²) in [6, 6.07) is 17.1. The predicted octanol–water partition coefficient (Wildman–Crippen LogP) is 2.64. The Balaban J connectivity index is 1.88. The second-order valence-electron chi connectivity index (χ2n) is 5.55. The number of nitrogens with one attached hydrogen (secondary N) is 1. The quantitative estimate of drug-likeness (QED) is 0.826. The Morgan fingerprint density at radius 2 is 1.78 bits per heavy atom. The van der Waals surface area contributed by atoms with E-state index in [4.69, 9.17) is 5.73 Å². The maximum absolute atomic E-state index is 12.2. The van der Waals surface area contributed by atoms with E-state index in [9.17, 15) is 4.79 Å². The number of carbonyl (C=O) groups is 1. The molecule has 0 aliphatic rings. The number of rotatable bonds is 7. The van der Waals surface area contributed by atoms with Crippen LogP contribution in [0.2, 0.25) is 0 Å². The fourth-order valence-electron chi connectivity index (χ4n) is 2.60. The summed E-state index contributed by atoms with van der Waals surface area (Å²) in [5, 5.41) is 2.93. The van der Waals surface area contributed by atoms with Crippen LogP contribution in [-0.2, 0) is 4.79 Å². The largest absolute Gasteiger partial charge is 0.370 e. The fraction of sp³-hybridized carbons (Fsp3) is 0.316. The van der Waals surface area contributed by atoms with E-state index in [1.807, 2.05) is 42.5 Å². The molecule has 2 aromatic rings. The lowest BCUT2D eigenvalue weighted by atomic mass is 10.1. The normalized spacial score (nSPS) is 11.8. The Labute approximate surface area is 138 Å². The highest BCUT2D eigenvalue weighted by Gasteiger charge is 2.15. The van der Waals surface area contributed by atoms with Crippen LogP contribution in [0.1, 0.15) is 24.1 Å². The molecule has 2 aromatic carbocycles. The van der Waals surface area contributed by atoms with Crippen LogP contribution in [0.5, 0.6) is 0 Å². The molecule has 2 rings (SSSR count). The van der Waals surface area contributed by atoms with Gasteiger partial charge in [-0.3, -0.25) is 4.79 Å². The van der Waals surface area contributed by atoms with Gasteiger partial charge in [-0.2, -0.15) is 0 Å². The number of hydrogen-bond donors (Lipinski definition) is 2. The molecule has 3 N–H and O–H groups in total. The topological polar surface area (TPSA) is 58.4 Å². The molecule has 0 heterocycles. The van der Waals surface area contributed by atoms with Gasteiger partial charge in [0.15, 0.2) is 0 Å². The van der Waals surface area contributed by atoms with Crippen molar-refractivity contribution in [2.24, 2.45) is 5.73 Å². The zero-order valence-corrected chi connectivity index (χ0v) is 13.8. The summed E-state index contributed by atoms with van der Waals surface area (Å²) in [6.07, 6.45) is 0. The van der Waals surface area contributed by atoms with E-state index in [1.165, 1.54) is 11.3 Å². The Kier molecular flexibility index (Phi) is 6.18. The van der Waals surface area contributed by atoms with Gasteiger partial charge in [0.05, 0.1) is 0 Å². The van der Waals surface area contributed by atoms with Gasteiger partial charge in [0.1, 0.15) is 6.04 Å². The molecule has 0 aliphatic carbocycles. The molecule has 23 heavy (non-hydrogen) atoms. The van der Waals surface area contributed by atoms with E-state index in [0.29, 0.717) is 6.54 Å². The molecule has 0 fully saturated rings. The van der Waals surface area contributed by atoms with E-state index in [2.05, 4.69) is 36.2 Å². The van der Waals surface area contributed by atoms with Crippen molar-refractivity contribution in [1.29, 1.82) is 0 Å². The highest BCUT2D eigenvalue weighted by Crippen LogP contribution is 2.18. The van der Waals surface area contributed by atoms with Gasteiger partial charge < -0.3 is 16.0 Å². The first kappa shape index (κ1) is 17.0. The van der Waals surface area contributed by atoms with Crippen molar-refractivity contribution in [2.45, 2.75) is 19.9 Å². The summed E-state index contributed by atoms with van der Waals surface area (Å²) in [5.74, 6) is -0.142. The molecule has 4 heteroatoms. The van der Waals surface area contributed by atoms with Crippen LogP contribution in [0.15, 0.2) is 54.6 Å². The molecular formula is C19H25N3O. The fourth-order valence-corrected chi connectivity index (χ4v) is 2.60. The number of benzene rings is 2. The van der Waals surface area contributed by atoms with Crippen molar-refractivity contribution in [3.05, 3.63) is 65.7 Å². The zero-order chi connectivity index (χ0) is 16.7. The van der Waals surface area contributed by atoms with Crippen molar-refractivity contribution in [2.75, 3.05) is 24.5 Å². The van der Waals surface area contributed by atoms with Crippen LogP contribution in [0.3, 0.4) is 0 Å². The molecule has 0 aliphatic heterocycles. The molecule has 0 spiro atoms. The minimum atomic E-state index is -0.621. The van der Waals surface area contributed by atoms with E-state index >= 15 is 0 Å². The molecular weight excluding hydrogens is 286 g/mol. The number of carbonyl (C=O) groups excluding carboxylic acids is 1. The average Bonchev–Trinajstić information content (AvgIpc) is 2.59. The number of nitrogens with two attached hydrogens (primary N) is 1. The number of aryl methyl sites for hydroxylation is 1. The van der Waals surface area contributed by atoms with Gasteiger partial charge in [-0.05, 0) is 31.0 Å². The molecule has 1 atom stereocenters. The Morgan fingerprint density at radius 3 is 2.43 bits per heavy atom. The van der Waals surface area contributed by atoms with Crippen molar-refractivity contribution in [1.82, 2.24) is 5.32 Å². The van der Waals surface area contributed by atoms with Crippen LogP contribution in [0.25, 0.3) is 0 Å². The van der Waals surface area contributed by atoms with Crippen LogP contribution in [0, 0.1) is 6.92 Å². The summed E-state index contributed by atoms with van der Waals surface area (Å²) < 4.78 is 0.